The number of amides is 1. The molecule has 0 bridgehead atoms. The van der Waals surface area contributed by atoms with Crippen molar-refractivity contribution in [3.05, 3.63) is 65.0 Å². The first-order valence-electron chi connectivity index (χ1n) is 6.37. The second-order valence-corrected chi connectivity index (χ2v) is 4.75. The SMILES string of the molecule is Cc1ccc(C(=O)NC(C)c2ccccn2)cc1C. The Balaban J connectivity index is 2.11. The third-order valence-corrected chi connectivity index (χ3v) is 3.25. The molecule has 0 aliphatic rings. The molecule has 1 amide bonds. The van der Waals surface area contributed by atoms with E-state index >= 15 is 0 Å². The Kier molecular flexibility index (Phi) is 3.95. The number of hydrogen-bond acceptors (Lipinski definition) is 2. The van der Waals surface area contributed by atoms with Crippen LogP contribution in [0, 0.1) is 13.8 Å². The van der Waals surface area contributed by atoms with Crippen molar-refractivity contribution in [2.24, 2.45) is 0 Å². The van der Waals surface area contributed by atoms with E-state index in [9.17, 15) is 4.79 Å². The van der Waals surface area contributed by atoms with Gasteiger partial charge in [-0.3, -0.25) is 9.78 Å². The number of hydrogen-bond donors (Lipinski definition) is 1. The molecule has 1 aromatic heterocycles. The highest BCUT2D eigenvalue weighted by Crippen LogP contribution is 2.12. The minimum Gasteiger partial charge on any atom is -0.344 e. The number of rotatable bonds is 3. The van der Waals surface area contributed by atoms with Crippen LogP contribution in [0.2, 0.25) is 0 Å². The molecule has 3 nitrogen and oxygen atoms in total. The van der Waals surface area contributed by atoms with Crippen LogP contribution in [-0.4, -0.2) is 10.9 Å². The van der Waals surface area contributed by atoms with E-state index < -0.39 is 0 Å². The van der Waals surface area contributed by atoms with Crippen molar-refractivity contribution in [2.45, 2.75) is 26.8 Å². The van der Waals surface area contributed by atoms with Crippen LogP contribution in [0.15, 0.2) is 42.6 Å². The standard InChI is InChI=1S/C16H18N2O/c1-11-7-8-14(10-12(11)2)16(19)18-13(3)15-6-4-5-9-17-15/h4-10,13H,1-3H3,(H,18,19). The van der Waals surface area contributed by atoms with Crippen molar-refractivity contribution in [2.75, 3.05) is 0 Å². The van der Waals surface area contributed by atoms with Gasteiger partial charge in [0.2, 0.25) is 0 Å². The van der Waals surface area contributed by atoms with Gasteiger partial charge in [0.05, 0.1) is 11.7 Å². The Morgan fingerprint density at radius 2 is 1.95 bits per heavy atom. The molecule has 0 radical (unpaired) electrons. The summed E-state index contributed by atoms with van der Waals surface area (Å²) in [5, 5.41) is 2.96. The van der Waals surface area contributed by atoms with Gasteiger partial charge >= 0.3 is 0 Å². The molecule has 0 spiro atoms. The van der Waals surface area contributed by atoms with Crippen molar-refractivity contribution < 1.29 is 4.79 Å². The van der Waals surface area contributed by atoms with Crippen molar-refractivity contribution in [3.63, 3.8) is 0 Å². The van der Waals surface area contributed by atoms with Crippen LogP contribution in [-0.2, 0) is 0 Å². The smallest absolute Gasteiger partial charge is 0.251 e. The van der Waals surface area contributed by atoms with Crippen LogP contribution in [0.5, 0.6) is 0 Å². The molecular formula is C16H18N2O. The zero-order chi connectivity index (χ0) is 13.8. The van der Waals surface area contributed by atoms with E-state index in [2.05, 4.69) is 10.3 Å². The largest absolute Gasteiger partial charge is 0.344 e. The lowest BCUT2D eigenvalue weighted by molar-refractivity contribution is 0.0939. The molecule has 1 N–H and O–H groups in total. The lowest BCUT2D eigenvalue weighted by atomic mass is 10.1. The molecule has 98 valence electrons. The predicted molar refractivity (Wildman–Crippen MR) is 76.0 cm³/mol. The first-order valence-corrected chi connectivity index (χ1v) is 6.37. The predicted octanol–water partition coefficient (Wildman–Crippen LogP) is 3.19. The van der Waals surface area contributed by atoms with E-state index in [1.54, 1.807) is 6.20 Å². The number of aromatic nitrogens is 1. The van der Waals surface area contributed by atoms with Gasteiger partial charge in [-0.15, -0.1) is 0 Å². The summed E-state index contributed by atoms with van der Waals surface area (Å²) in [6.45, 7) is 5.98. The summed E-state index contributed by atoms with van der Waals surface area (Å²) >= 11 is 0. The first kappa shape index (κ1) is 13.3. The summed E-state index contributed by atoms with van der Waals surface area (Å²) in [6, 6.07) is 11.3. The molecule has 1 aromatic carbocycles. The Labute approximate surface area is 113 Å². The second kappa shape index (κ2) is 5.65. The monoisotopic (exact) mass is 254 g/mol. The van der Waals surface area contributed by atoms with E-state index in [1.807, 2.05) is 57.2 Å². The van der Waals surface area contributed by atoms with Crippen LogP contribution >= 0.6 is 0 Å². The Morgan fingerprint density at radius 1 is 1.16 bits per heavy atom. The fourth-order valence-corrected chi connectivity index (χ4v) is 1.87. The minimum atomic E-state index is -0.102. The highest BCUT2D eigenvalue weighted by Gasteiger charge is 2.12. The van der Waals surface area contributed by atoms with Gasteiger partial charge in [-0.1, -0.05) is 12.1 Å². The Morgan fingerprint density at radius 3 is 2.58 bits per heavy atom. The van der Waals surface area contributed by atoms with E-state index in [0.717, 1.165) is 11.3 Å². The topological polar surface area (TPSA) is 42.0 Å². The molecule has 0 fully saturated rings. The third-order valence-electron chi connectivity index (χ3n) is 3.25. The van der Waals surface area contributed by atoms with Crippen molar-refractivity contribution in [3.8, 4) is 0 Å². The fraction of sp³-hybridized carbons (Fsp3) is 0.250. The van der Waals surface area contributed by atoms with Gasteiger partial charge in [0.15, 0.2) is 0 Å². The van der Waals surface area contributed by atoms with Crippen molar-refractivity contribution in [1.29, 1.82) is 0 Å². The Hall–Kier alpha value is -2.16. The molecule has 0 aliphatic heterocycles. The number of pyridine rings is 1. The number of carbonyl (C=O) groups is 1. The number of benzene rings is 1. The number of nitrogens with one attached hydrogen (secondary N) is 1. The molecule has 2 aromatic rings. The molecular weight excluding hydrogens is 236 g/mol. The lowest BCUT2D eigenvalue weighted by Crippen LogP contribution is -2.27. The normalized spacial score (nSPS) is 11.9. The van der Waals surface area contributed by atoms with Gasteiger partial charge in [-0.05, 0) is 56.2 Å². The zero-order valence-corrected chi connectivity index (χ0v) is 11.5. The van der Waals surface area contributed by atoms with Gasteiger partial charge in [0.25, 0.3) is 5.91 Å². The molecule has 0 saturated carbocycles. The average Bonchev–Trinajstić information content (AvgIpc) is 2.42. The van der Waals surface area contributed by atoms with Gasteiger partial charge in [-0.25, -0.2) is 0 Å². The van der Waals surface area contributed by atoms with E-state index in [-0.39, 0.29) is 11.9 Å². The molecule has 1 atom stereocenters. The molecule has 19 heavy (non-hydrogen) atoms. The number of aryl methyl sites for hydroxylation is 2. The summed E-state index contributed by atoms with van der Waals surface area (Å²) in [6.07, 6.45) is 1.73. The summed E-state index contributed by atoms with van der Waals surface area (Å²) in [7, 11) is 0. The van der Waals surface area contributed by atoms with Crippen LogP contribution < -0.4 is 5.32 Å². The van der Waals surface area contributed by atoms with Gasteiger partial charge in [-0.2, -0.15) is 0 Å². The maximum absolute atomic E-state index is 12.2. The van der Waals surface area contributed by atoms with Gasteiger partial charge < -0.3 is 5.32 Å². The van der Waals surface area contributed by atoms with Gasteiger partial charge in [0.1, 0.15) is 0 Å². The Bertz CT molecular complexity index is 579. The first-order chi connectivity index (χ1) is 9.08. The van der Waals surface area contributed by atoms with Crippen molar-refractivity contribution >= 4 is 5.91 Å². The van der Waals surface area contributed by atoms with Crippen molar-refractivity contribution in [1.82, 2.24) is 10.3 Å². The third kappa shape index (κ3) is 3.19. The van der Waals surface area contributed by atoms with Gasteiger partial charge in [0, 0.05) is 11.8 Å². The summed E-state index contributed by atoms with van der Waals surface area (Å²) in [5.41, 5.74) is 3.86. The minimum absolute atomic E-state index is 0.0683. The maximum atomic E-state index is 12.2. The van der Waals surface area contributed by atoms with Crippen LogP contribution in [0.3, 0.4) is 0 Å². The summed E-state index contributed by atoms with van der Waals surface area (Å²) in [4.78, 5) is 16.4. The zero-order valence-electron chi connectivity index (χ0n) is 11.5. The average molecular weight is 254 g/mol. The fourth-order valence-electron chi connectivity index (χ4n) is 1.87. The summed E-state index contributed by atoms with van der Waals surface area (Å²) in [5.74, 6) is -0.0683. The maximum Gasteiger partial charge on any atom is 0.251 e. The molecule has 0 aliphatic carbocycles. The van der Waals surface area contributed by atoms with E-state index in [4.69, 9.17) is 0 Å². The summed E-state index contributed by atoms with van der Waals surface area (Å²) < 4.78 is 0. The second-order valence-electron chi connectivity index (χ2n) is 4.75. The van der Waals surface area contributed by atoms with Crippen LogP contribution in [0.1, 0.15) is 40.1 Å². The van der Waals surface area contributed by atoms with Crippen LogP contribution in [0.25, 0.3) is 0 Å². The highest BCUT2D eigenvalue weighted by molar-refractivity contribution is 5.94. The highest BCUT2D eigenvalue weighted by atomic mass is 16.1. The van der Waals surface area contributed by atoms with Crippen LogP contribution in [0.4, 0.5) is 0 Å². The molecule has 1 heterocycles. The number of carbonyl (C=O) groups excluding carboxylic acids is 1. The number of nitrogens with zero attached hydrogens (tertiary/aromatic N) is 1. The molecule has 1 unspecified atom stereocenters. The molecule has 2 rings (SSSR count). The van der Waals surface area contributed by atoms with E-state index in [1.165, 1.54) is 5.56 Å². The molecule has 0 saturated heterocycles. The molecule has 3 heteroatoms. The lowest BCUT2D eigenvalue weighted by Gasteiger charge is -2.13. The van der Waals surface area contributed by atoms with E-state index in [0.29, 0.717) is 5.56 Å². The quantitative estimate of drug-likeness (QED) is 0.914.